The predicted octanol–water partition coefficient (Wildman–Crippen LogP) is 3.45. The van der Waals surface area contributed by atoms with Crippen molar-refractivity contribution in [1.82, 2.24) is 44.7 Å². The number of nitrogens with one attached hydrogen (secondary N) is 2. The van der Waals surface area contributed by atoms with Gasteiger partial charge in [-0.3, -0.25) is 10.1 Å². The van der Waals surface area contributed by atoms with Crippen LogP contribution in [-0.2, 0) is 0 Å². The summed E-state index contributed by atoms with van der Waals surface area (Å²) in [6.07, 6.45) is 10.5. The molecule has 0 amide bonds. The van der Waals surface area contributed by atoms with Gasteiger partial charge in [-0.05, 0) is 25.1 Å². The van der Waals surface area contributed by atoms with Gasteiger partial charge in [-0.15, -0.1) is 0 Å². The van der Waals surface area contributed by atoms with Crippen molar-refractivity contribution in [2.45, 2.75) is 6.92 Å². The maximum Gasteiger partial charge on any atom is 0.159 e. The van der Waals surface area contributed by atoms with Crippen molar-refractivity contribution in [3.05, 3.63) is 67.4 Å². The van der Waals surface area contributed by atoms with E-state index >= 15 is 0 Å². The van der Waals surface area contributed by atoms with Gasteiger partial charge in [0.1, 0.15) is 17.5 Å². The van der Waals surface area contributed by atoms with Crippen LogP contribution in [0.5, 0.6) is 0 Å². The number of hydrogen-bond acceptors (Lipinski definition) is 6. The van der Waals surface area contributed by atoms with E-state index < -0.39 is 0 Å². The summed E-state index contributed by atoms with van der Waals surface area (Å²) in [5.41, 5.74) is 6.86. The summed E-state index contributed by atoms with van der Waals surface area (Å²) in [5, 5.41) is 8.45. The first kappa shape index (κ1) is 16.5. The number of benzene rings is 1. The number of aromatic amines is 2. The maximum absolute atomic E-state index is 4.86. The molecule has 0 fully saturated rings. The molecule has 0 bridgehead atoms. The number of pyridine rings is 1. The molecule has 0 atom stereocenters. The van der Waals surface area contributed by atoms with E-state index in [-0.39, 0.29) is 0 Å². The Kier molecular flexibility index (Phi) is 3.48. The highest BCUT2D eigenvalue weighted by Gasteiger charge is 2.16. The lowest BCUT2D eigenvalue weighted by atomic mass is 10.1. The molecule has 5 heterocycles. The second kappa shape index (κ2) is 6.31. The Hall–Kier alpha value is -4.40. The zero-order chi connectivity index (χ0) is 20.1. The third kappa shape index (κ3) is 2.56. The molecule has 2 N–H and O–H groups in total. The van der Waals surface area contributed by atoms with E-state index in [0.29, 0.717) is 5.82 Å². The molecule has 0 unspecified atom stereocenters. The molecule has 30 heavy (non-hydrogen) atoms. The van der Waals surface area contributed by atoms with Gasteiger partial charge in [0.05, 0.1) is 40.6 Å². The quantitative estimate of drug-likeness (QED) is 0.476. The fourth-order valence-electron chi connectivity index (χ4n) is 3.58. The molecule has 6 rings (SSSR count). The highest BCUT2D eigenvalue weighted by atomic mass is 15.1. The largest absolute Gasteiger partial charge is 0.336 e. The Morgan fingerprint density at radius 1 is 1.00 bits per heavy atom. The van der Waals surface area contributed by atoms with Gasteiger partial charge in [0.15, 0.2) is 5.82 Å². The number of rotatable bonds is 3. The minimum absolute atomic E-state index is 0.682. The minimum Gasteiger partial charge on any atom is -0.336 e. The normalized spacial score (nSPS) is 11.5. The number of imidazole rings is 2. The molecule has 9 heteroatoms. The van der Waals surface area contributed by atoms with E-state index in [2.05, 4.69) is 35.1 Å². The van der Waals surface area contributed by atoms with E-state index in [1.807, 2.05) is 42.0 Å². The van der Waals surface area contributed by atoms with Crippen LogP contribution in [0.4, 0.5) is 0 Å². The molecular formula is C21H15N9. The summed E-state index contributed by atoms with van der Waals surface area (Å²) in [6, 6.07) is 7.99. The number of aryl methyl sites for hydroxylation is 1. The van der Waals surface area contributed by atoms with Crippen LogP contribution >= 0.6 is 0 Å². The SMILES string of the molecule is Cc1cn(-c2cccc3[nH]c(-c4n[nH]c5cnc(-c6cncnc6)cc45)nc23)cn1. The van der Waals surface area contributed by atoms with Gasteiger partial charge < -0.3 is 9.55 Å². The standard InChI is InChI=1S/C21H15N9/c1-12-9-30(11-25-12)18-4-2-3-15-20(18)27-21(26-15)19-14-5-16(13-6-22-10-23-7-13)24-8-17(14)28-29-19/h2-11H,1H3,(H,26,27)(H,28,29). The summed E-state index contributed by atoms with van der Waals surface area (Å²) in [7, 11) is 0. The number of fused-ring (bicyclic) bond motifs is 2. The molecule has 6 aromatic rings. The molecule has 0 spiro atoms. The monoisotopic (exact) mass is 393 g/mol. The molecule has 0 aliphatic heterocycles. The second-order valence-electron chi connectivity index (χ2n) is 7.00. The lowest BCUT2D eigenvalue weighted by Gasteiger charge is -2.01. The molecule has 0 saturated heterocycles. The molecule has 0 radical (unpaired) electrons. The van der Waals surface area contributed by atoms with Gasteiger partial charge in [0.25, 0.3) is 0 Å². The van der Waals surface area contributed by atoms with E-state index in [1.54, 1.807) is 24.9 Å². The molecule has 0 aliphatic carbocycles. The summed E-state index contributed by atoms with van der Waals surface area (Å²) in [6.45, 7) is 1.96. The molecule has 0 aliphatic rings. The Bertz CT molecular complexity index is 1510. The van der Waals surface area contributed by atoms with Crippen molar-refractivity contribution in [1.29, 1.82) is 0 Å². The number of H-pyrrole nitrogens is 2. The van der Waals surface area contributed by atoms with Crippen molar-refractivity contribution in [3.63, 3.8) is 0 Å². The number of nitrogens with zero attached hydrogens (tertiary/aromatic N) is 7. The van der Waals surface area contributed by atoms with Crippen LogP contribution in [0.25, 0.3) is 50.4 Å². The Labute approximate surface area is 169 Å². The topological polar surface area (TPSA) is 114 Å². The van der Waals surface area contributed by atoms with Gasteiger partial charge in [-0.25, -0.2) is 19.9 Å². The van der Waals surface area contributed by atoms with E-state index in [9.17, 15) is 0 Å². The highest BCUT2D eigenvalue weighted by molar-refractivity contribution is 5.95. The number of hydrogen-bond donors (Lipinski definition) is 2. The first-order chi connectivity index (χ1) is 14.8. The van der Waals surface area contributed by atoms with E-state index in [4.69, 9.17) is 4.98 Å². The molecular weight excluding hydrogens is 378 g/mol. The first-order valence-electron chi connectivity index (χ1n) is 9.36. The Balaban J connectivity index is 1.52. The van der Waals surface area contributed by atoms with Crippen LogP contribution < -0.4 is 0 Å². The number of para-hydroxylation sites is 1. The van der Waals surface area contributed by atoms with Crippen LogP contribution in [0.3, 0.4) is 0 Å². The van der Waals surface area contributed by atoms with Gasteiger partial charge in [-0.1, -0.05) is 6.07 Å². The molecule has 0 saturated carbocycles. The lowest BCUT2D eigenvalue weighted by molar-refractivity contribution is 1.06. The van der Waals surface area contributed by atoms with Crippen LogP contribution in [0.15, 0.2) is 61.7 Å². The third-order valence-corrected chi connectivity index (χ3v) is 5.01. The summed E-state index contributed by atoms with van der Waals surface area (Å²) >= 11 is 0. The van der Waals surface area contributed by atoms with Gasteiger partial charge in [0, 0.05) is 29.5 Å². The maximum atomic E-state index is 4.86. The van der Waals surface area contributed by atoms with Crippen LogP contribution in [0.1, 0.15) is 5.69 Å². The molecule has 9 nitrogen and oxygen atoms in total. The van der Waals surface area contributed by atoms with Gasteiger partial charge in [-0.2, -0.15) is 5.10 Å². The second-order valence-corrected chi connectivity index (χ2v) is 7.00. The zero-order valence-electron chi connectivity index (χ0n) is 15.9. The lowest BCUT2D eigenvalue weighted by Crippen LogP contribution is -1.91. The first-order valence-corrected chi connectivity index (χ1v) is 9.36. The van der Waals surface area contributed by atoms with Crippen molar-refractivity contribution >= 4 is 21.9 Å². The fourth-order valence-corrected chi connectivity index (χ4v) is 3.58. The summed E-state index contributed by atoms with van der Waals surface area (Å²) in [4.78, 5) is 25.2. The van der Waals surface area contributed by atoms with Crippen LogP contribution in [0.2, 0.25) is 0 Å². The smallest absolute Gasteiger partial charge is 0.159 e. The van der Waals surface area contributed by atoms with Crippen molar-refractivity contribution in [3.8, 4) is 28.5 Å². The zero-order valence-corrected chi connectivity index (χ0v) is 15.9. The van der Waals surface area contributed by atoms with Crippen molar-refractivity contribution in [2.75, 3.05) is 0 Å². The summed E-state index contributed by atoms with van der Waals surface area (Å²) < 4.78 is 1.97. The van der Waals surface area contributed by atoms with Crippen LogP contribution in [-0.4, -0.2) is 44.7 Å². The van der Waals surface area contributed by atoms with E-state index in [0.717, 1.165) is 50.3 Å². The fraction of sp³-hybridized carbons (Fsp3) is 0.0476. The Morgan fingerprint density at radius 2 is 1.90 bits per heavy atom. The highest BCUT2D eigenvalue weighted by Crippen LogP contribution is 2.30. The van der Waals surface area contributed by atoms with Crippen molar-refractivity contribution in [2.24, 2.45) is 0 Å². The Morgan fingerprint density at radius 3 is 2.73 bits per heavy atom. The number of aromatic nitrogens is 9. The van der Waals surface area contributed by atoms with Gasteiger partial charge >= 0.3 is 0 Å². The molecule has 144 valence electrons. The van der Waals surface area contributed by atoms with Crippen LogP contribution in [0, 0.1) is 6.92 Å². The van der Waals surface area contributed by atoms with Crippen molar-refractivity contribution < 1.29 is 0 Å². The molecule has 1 aromatic carbocycles. The average Bonchev–Trinajstić information content (AvgIpc) is 3.51. The summed E-state index contributed by atoms with van der Waals surface area (Å²) in [5.74, 6) is 0.682. The van der Waals surface area contributed by atoms with E-state index in [1.165, 1.54) is 6.33 Å². The van der Waals surface area contributed by atoms with Gasteiger partial charge in [0.2, 0.25) is 0 Å². The minimum atomic E-state index is 0.682. The predicted molar refractivity (Wildman–Crippen MR) is 112 cm³/mol. The average molecular weight is 393 g/mol. The molecule has 5 aromatic heterocycles. The third-order valence-electron chi connectivity index (χ3n) is 5.01.